The highest BCUT2D eigenvalue weighted by atomic mass is 32.2. The Morgan fingerprint density at radius 1 is 0.943 bits per heavy atom. The van der Waals surface area contributed by atoms with Gasteiger partial charge in [0, 0.05) is 33.1 Å². The number of carbonyl (C=O) groups is 1. The predicted octanol–water partition coefficient (Wildman–Crippen LogP) is 4.14. The number of amidine groups is 1. The van der Waals surface area contributed by atoms with Gasteiger partial charge in [-0.25, -0.2) is 13.4 Å². The molecular weight excluding hydrogens is 464 g/mol. The summed E-state index contributed by atoms with van der Waals surface area (Å²) in [7, 11) is -3.80. The normalized spacial score (nSPS) is 15.8. The molecule has 2 heterocycles. The van der Waals surface area contributed by atoms with E-state index in [1.54, 1.807) is 18.2 Å². The summed E-state index contributed by atoms with van der Waals surface area (Å²) < 4.78 is 34.7. The number of hydrogen-bond acceptors (Lipinski definition) is 6. The van der Waals surface area contributed by atoms with Crippen molar-refractivity contribution in [3.05, 3.63) is 77.9 Å². The van der Waals surface area contributed by atoms with Crippen LogP contribution in [0.25, 0.3) is 0 Å². The Hall–Kier alpha value is -3.69. The lowest BCUT2D eigenvalue weighted by molar-refractivity contribution is -0.114. The molecule has 0 aromatic heterocycles. The van der Waals surface area contributed by atoms with Gasteiger partial charge in [-0.1, -0.05) is 30.3 Å². The van der Waals surface area contributed by atoms with Gasteiger partial charge in [0.25, 0.3) is 0 Å². The van der Waals surface area contributed by atoms with Crippen LogP contribution in [0, 0.1) is 6.92 Å². The van der Waals surface area contributed by atoms with E-state index >= 15 is 0 Å². The van der Waals surface area contributed by atoms with Gasteiger partial charge in [0.1, 0.15) is 22.2 Å². The van der Waals surface area contributed by atoms with E-state index in [4.69, 9.17) is 9.73 Å². The number of rotatable bonds is 3. The summed E-state index contributed by atoms with van der Waals surface area (Å²) in [6.45, 7) is 4.71. The summed E-state index contributed by atoms with van der Waals surface area (Å²) >= 11 is 0. The molecule has 0 bridgehead atoms. The Labute approximate surface area is 204 Å². The average Bonchev–Trinajstić information content (AvgIpc) is 3.02. The first-order chi connectivity index (χ1) is 16.8. The van der Waals surface area contributed by atoms with E-state index in [0.717, 1.165) is 22.6 Å². The van der Waals surface area contributed by atoms with Crippen LogP contribution in [0.3, 0.4) is 0 Å². The quantitative estimate of drug-likeness (QED) is 0.596. The Morgan fingerprint density at radius 2 is 1.63 bits per heavy atom. The van der Waals surface area contributed by atoms with Gasteiger partial charge in [0.2, 0.25) is 15.9 Å². The first kappa shape index (κ1) is 23.1. The third-order valence-electron chi connectivity index (χ3n) is 6.04. The summed E-state index contributed by atoms with van der Waals surface area (Å²) in [5.74, 6) is 1.84. The van der Waals surface area contributed by atoms with Crippen LogP contribution >= 0.6 is 0 Å². The van der Waals surface area contributed by atoms with E-state index in [-0.39, 0.29) is 10.8 Å². The number of amides is 1. The van der Waals surface area contributed by atoms with Gasteiger partial charge in [-0.05, 0) is 48.9 Å². The molecule has 3 aromatic rings. The molecule has 0 radical (unpaired) electrons. The lowest BCUT2D eigenvalue weighted by atomic mass is 10.1. The van der Waals surface area contributed by atoms with Gasteiger partial charge in [-0.15, -0.1) is 0 Å². The lowest BCUT2D eigenvalue weighted by Crippen LogP contribution is -2.50. The van der Waals surface area contributed by atoms with Gasteiger partial charge >= 0.3 is 0 Å². The second kappa shape index (κ2) is 9.16. The van der Waals surface area contributed by atoms with Crippen LogP contribution in [0.1, 0.15) is 18.1 Å². The largest absolute Gasteiger partial charge is 0.454 e. The van der Waals surface area contributed by atoms with Crippen LogP contribution in [-0.4, -0.2) is 55.5 Å². The van der Waals surface area contributed by atoms with Gasteiger partial charge in [0.05, 0.1) is 11.3 Å². The van der Waals surface area contributed by atoms with Crippen LogP contribution in [0.5, 0.6) is 11.5 Å². The van der Waals surface area contributed by atoms with Crippen molar-refractivity contribution in [3.8, 4) is 11.5 Å². The summed E-state index contributed by atoms with van der Waals surface area (Å²) in [5, 5.41) is 2.65. The minimum Gasteiger partial charge on any atom is -0.454 e. The van der Waals surface area contributed by atoms with Crippen LogP contribution in [0.15, 0.2) is 76.6 Å². The molecule has 2 aliphatic heterocycles. The fourth-order valence-corrected chi connectivity index (χ4v) is 5.98. The molecule has 1 saturated heterocycles. The van der Waals surface area contributed by atoms with Crippen molar-refractivity contribution in [2.75, 3.05) is 31.5 Å². The minimum atomic E-state index is -3.80. The molecule has 2 aliphatic rings. The molecule has 0 unspecified atom stereocenters. The second-order valence-corrected chi connectivity index (χ2v) is 10.5. The summed E-state index contributed by atoms with van der Waals surface area (Å²) in [5.41, 5.74) is 2.70. The highest BCUT2D eigenvalue weighted by Crippen LogP contribution is 2.38. The second-order valence-electron chi connectivity index (χ2n) is 8.57. The first-order valence-corrected chi connectivity index (χ1v) is 12.9. The topological polar surface area (TPSA) is 91.3 Å². The number of hydrogen-bond donors (Lipinski definition) is 1. The number of piperazine rings is 1. The number of ether oxygens (including phenoxy) is 1. The van der Waals surface area contributed by atoms with E-state index in [2.05, 4.69) is 10.2 Å². The van der Waals surface area contributed by atoms with Gasteiger partial charge in [-0.2, -0.15) is 4.31 Å². The average molecular weight is 491 g/mol. The molecule has 1 amide bonds. The van der Waals surface area contributed by atoms with Gasteiger partial charge in [-0.3, -0.25) is 4.79 Å². The van der Waals surface area contributed by atoms with Crippen molar-refractivity contribution in [2.24, 2.45) is 4.99 Å². The highest BCUT2D eigenvalue weighted by Gasteiger charge is 2.33. The summed E-state index contributed by atoms with van der Waals surface area (Å²) in [6, 6.07) is 20.4. The zero-order valence-electron chi connectivity index (χ0n) is 19.6. The molecule has 1 fully saturated rings. The minimum absolute atomic E-state index is 0.112. The van der Waals surface area contributed by atoms with E-state index < -0.39 is 10.0 Å². The number of anilines is 1. The fraction of sp³-hybridized carbons (Fsp3) is 0.231. The summed E-state index contributed by atoms with van der Waals surface area (Å²) in [4.78, 5) is 18.8. The molecular formula is C26H26N4O4S. The maximum atomic E-state index is 13.5. The van der Waals surface area contributed by atoms with E-state index in [1.807, 2.05) is 55.5 Å². The number of nitrogens with zero attached hydrogens (tertiary/aromatic N) is 3. The number of nitrogens with one attached hydrogen (secondary N) is 1. The molecule has 180 valence electrons. The number of para-hydroxylation sites is 3. The molecule has 35 heavy (non-hydrogen) atoms. The number of aryl methyl sites for hydroxylation is 1. The van der Waals surface area contributed by atoms with E-state index in [9.17, 15) is 13.2 Å². The number of aliphatic imine (C=N–C) groups is 1. The maximum absolute atomic E-state index is 13.5. The molecule has 3 aromatic carbocycles. The van der Waals surface area contributed by atoms with E-state index in [0.29, 0.717) is 43.4 Å². The van der Waals surface area contributed by atoms with Crippen LogP contribution < -0.4 is 10.1 Å². The van der Waals surface area contributed by atoms with Crippen molar-refractivity contribution >= 4 is 33.1 Å². The predicted molar refractivity (Wildman–Crippen MR) is 135 cm³/mol. The van der Waals surface area contributed by atoms with Crippen molar-refractivity contribution in [2.45, 2.75) is 18.7 Å². The third kappa shape index (κ3) is 4.52. The highest BCUT2D eigenvalue weighted by molar-refractivity contribution is 7.89. The van der Waals surface area contributed by atoms with Crippen molar-refractivity contribution in [3.63, 3.8) is 0 Å². The first-order valence-electron chi connectivity index (χ1n) is 11.4. The van der Waals surface area contributed by atoms with Crippen LogP contribution in [-0.2, 0) is 14.8 Å². The standard InChI is InChI=1S/C26H26N4O4S/c1-18-11-12-22(27-19(2)31)25(17-18)35(32,33)30-15-13-29(14-16-30)26-20-7-3-5-9-23(20)34-24-10-6-4-8-21(24)28-26/h3-12,17H,13-16H2,1-2H3,(H,27,31). The molecule has 8 nitrogen and oxygen atoms in total. The zero-order chi connectivity index (χ0) is 24.6. The van der Waals surface area contributed by atoms with Crippen molar-refractivity contribution in [1.82, 2.24) is 9.21 Å². The van der Waals surface area contributed by atoms with Crippen molar-refractivity contribution in [1.29, 1.82) is 0 Å². The monoisotopic (exact) mass is 490 g/mol. The van der Waals surface area contributed by atoms with Crippen LogP contribution in [0.2, 0.25) is 0 Å². The van der Waals surface area contributed by atoms with Crippen molar-refractivity contribution < 1.29 is 17.9 Å². The Kier molecular flexibility index (Phi) is 6.04. The maximum Gasteiger partial charge on any atom is 0.245 e. The Morgan fingerprint density at radius 3 is 2.37 bits per heavy atom. The molecule has 0 spiro atoms. The third-order valence-corrected chi connectivity index (χ3v) is 7.98. The Bertz CT molecular complexity index is 1430. The number of benzene rings is 3. The molecule has 0 atom stereocenters. The number of sulfonamides is 1. The molecule has 0 aliphatic carbocycles. The Balaban J connectivity index is 1.43. The van der Waals surface area contributed by atoms with Gasteiger partial charge < -0.3 is 15.0 Å². The lowest BCUT2D eigenvalue weighted by Gasteiger charge is -2.36. The summed E-state index contributed by atoms with van der Waals surface area (Å²) in [6.07, 6.45) is 0. The molecule has 1 N–H and O–H groups in total. The van der Waals surface area contributed by atoms with Gasteiger partial charge in [0.15, 0.2) is 5.75 Å². The zero-order valence-corrected chi connectivity index (χ0v) is 20.4. The molecule has 5 rings (SSSR count). The fourth-order valence-electron chi connectivity index (χ4n) is 4.33. The van der Waals surface area contributed by atoms with E-state index in [1.165, 1.54) is 11.2 Å². The van der Waals surface area contributed by atoms with Crippen LogP contribution in [0.4, 0.5) is 11.4 Å². The number of carbonyl (C=O) groups excluding carboxylic acids is 1. The SMILES string of the molecule is CC(=O)Nc1ccc(C)cc1S(=O)(=O)N1CCN(C2=Nc3ccccc3Oc3ccccc32)CC1. The number of fused-ring (bicyclic) bond motifs is 2. The smallest absolute Gasteiger partial charge is 0.245 e. The molecule has 9 heteroatoms. The molecule has 0 saturated carbocycles.